The third-order valence-electron chi connectivity index (χ3n) is 6.45. The topological polar surface area (TPSA) is 107 Å². The number of nitrogens with zero attached hydrogens (tertiary/aromatic N) is 3. The van der Waals surface area contributed by atoms with Gasteiger partial charge in [0.05, 0.1) is 27.3 Å². The van der Waals surface area contributed by atoms with Crippen molar-refractivity contribution in [2.75, 3.05) is 5.75 Å². The van der Waals surface area contributed by atoms with E-state index in [1.807, 2.05) is 0 Å². The average Bonchev–Trinajstić information content (AvgIpc) is 2.81. The van der Waals surface area contributed by atoms with Crippen LogP contribution in [0.1, 0.15) is 33.1 Å². The summed E-state index contributed by atoms with van der Waals surface area (Å²) in [5.41, 5.74) is 0.650. The molecule has 1 fully saturated rings. The van der Waals surface area contributed by atoms with Crippen LogP contribution in [0.4, 0.5) is 5.69 Å². The monoisotopic (exact) mass is 466 g/mol. The SMILES string of the molecule is CC1CCCC(NC(=O)CSc2nc3ccccc3c(=O)n2-c2ccc([N+](=O)[O-])cc2)C1C. The van der Waals surface area contributed by atoms with Gasteiger partial charge in [-0.25, -0.2) is 4.98 Å². The summed E-state index contributed by atoms with van der Waals surface area (Å²) in [4.78, 5) is 41.2. The maximum Gasteiger partial charge on any atom is 0.269 e. The van der Waals surface area contributed by atoms with Crippen LogP contribution < -0.4 is 10.9 Å². The maximum absolute atomic E-state index is 13.3. The summed E-state index contributed by atoms with van der Waals surface area (Å²) in [5.74, 6) is 1.02. The number of thioether (sulfide) groups is 1. The van der Waals surface area contributed by atoms with E-state index in [0.29, 0.717) is 33.6 Å². The van der Waals surface area contributed by atoms with Gasteiger partial charge in [0.15, 0.2) is 5.16 Å². The molecular formula is C24H26N4O4S. The van der Waals surface area contributed by atoms with Crippen molar-refractivity contribution in [1.82, 2.24) is 14.9 Å². The van der Waals surface area contributed by atoms with E-state index in [0.717, 1.165) is 12.8 Å². The van der Waals surface area contributed by atoms with Crippen molar-refractivity contribution in [2.24, 2.45) is 11.8 Å². The van der Waals surface area contributed by atoms with Gasteiger partial charge in [0.1, 0.15) is 0 Å². The molecule has 33 heavy (non-hydrogen) atoms. The molecule has 1 aliphatic rings. The molecule has 3 unspecified atom stereocenters. The zero-order valence-electron chi connectivity index (χ0n) is 18.6. The Labute approximate surface area is 195 Å². The quantitative estimate of drug-likeness (QED) is 0.251. The van der Waals surface area contributed by atoms with Crippen LogP contribution in [0, 0.1) is 22.0 Å². The molecule has 0 aliphatic heterocycles. The van der Waals surface area contributed by atoms with Crippen LogP contribution in [-0.4, -0.2) is 32.2 Å². The van der Waals surface area contributed by atoms with Crippen LogP contribution in [-0.2, 0) is 4.79 Å². The number of amides is 1. The Hall–Kier alpha value is -3.20. The van der Waals surface area contributed by atoms with E-state index in [4.69, 9.17) is 0 Å². The Kier molecular flexibility index (Phi) is 6.78. The number of nitro benzene ring substituents is 1. The van der Waals surface area contributed by atoms with Gasteiger partial charge in [0.25, 0.3) is 11.2 Å². The third-order valence-corrected chi connectivity index (χ3v) is 7.39. The van der Waals surface area contributed by atoms with Gasteiger partial charge in [-0.3, -0.25) is 24.3 Å². The van der Waals surface area contributed by atoms with Crippen molar-refractivity contribution in [3.05, 3.63) is 69.0 Å². The number of nitro groups is 1. The fourth-order valence-corrected chi connectivity index (χ4v) is 5.15. The highest BCUT2D eigenvalue weighted by Crippen LogP contribution is 2.30. The number of non-ortho nitro benzene ring substituents is 1. The molecule has 172 valence electrons. The molecule has 1 amide bonds. The van der Waals surface area contributed by atoms with Crippen molar-refractivity contribution < 1.29 is 9.72 Å². The van der Waals surface area contributed by atoms with Crippen molar-refractivity contribution >= 4 is 34.3 Å². The Morgan fingerprint density at radius 1 is 1.18 bits per heavy atom. The molecule has 8 nitrogen and oxygen atoms in total. The smallest absolute Gasteiger partial charge is 0.269 e. The summed E-state index contributed by atoms with van der Waals surface area (Å²) in [7, 11) is 0. The Morgan fingerprint density at radius 3 is 2.64 bits per heavy atom. The maximum atomic E-state index is 13.3. The third kappa shape index (κ3) is 4.93. The van der Waals surface area contributed by atoms with Crippen LogP contribution in [0.25, 0.3) is 16.6 Å². The second-order valence-corrected chi connectivity index (χ2v) is 9.50. The van der Waals surface area contributed by atoms with Crippen LogP contribution in [0.15, 0.2) is 58.5 Å². The van der Waals surface area contributed by atoms with E-state index in [2.05, 4.69) is 24.1 Å². The first-order valence-electron chi connectivity index (χ1n) is 11.0. The normalized spacial score (nSPS) is 20.5. The number of benzene rings is 2. The Bertz CT molecular complexity index is 1240. The minimum absolute atomic E-state index is 0.0649. The van der Waals surface area contributed by atoms with Gasteiger partial charge in [-0.1, -0.05) is 50.6 Å². The zero-order valence-corrected chi connectivity index (χ0v) is 19.4. The number of carbonyl (C=O) groups is 1. The number of nitrogens with one attached hydrogen (secondary N) is 1. The fraction of sp³-hybridized carbons (Fsp3) is 0.375. The number of para-hydroxylation sites is 1. The van der Waals surface area contributed by atoms with Gasteiger partial charge < -0.3 is 5.32 Å². The minimum atomic E-state index is -0.488. The summed E-state index contributed by atoms with van der Waals surface area (Å²) >= 11 is 1.19. The summed E-state index contributed by atoms with van der Waals surface area (Å²) in [6.07, 6.45) is 3.27. The zero-order chi connectivity index (χ0) is 23.5. The lowest BCUT2D eigenvalue weighted by Crippen LogP contribution is -2.44. The molecule has 4 rings (SSSR count). The molecule has 3 atom stereocenters. The summed E-state index contributed by atoms with van der Waals surface area (Å²) in [5, 5.41) is 15.0. The largest absolute Gasteiger partial charge is 0.352 e. The van der Waals surface area contributed by atoms with Gasteiger partial charge in [-0.2, -0.15) is 0 Å². The van der Waals surface area contributed by atoms with E-state index < -0.39 is 4.92 Å². The summed E-state index contributed by atoms with van der Waals surface area (Å²) in [6, 6.07) is 12.9. The van der Waals surface area contributed by atoms with E-state index in [1.165, 1.54) is 47.0 Å². The highest BCUT2D eigenvalue weighted by molar-refractivity contribution is 7.99. The van der Waals surface area contributed by atoms with Crippen molar-refractivity contribution in [2.45, 2.75) is 44.3 Å². The molecule has 1 aliphatic carbocycles. The summed E-state index contributed by atoms with van der Waals surface area (Å²) < 4.78 is 1.41. The average molecular weight is 467 g/mol. The fourth-order valence-electron chi connectivity index (χ4n) is 4.32. The molecule has 1 heterocycles. The van der Waals surface area contributed by atoms with Gasteiger partial charge >= 0.3 is 0 Å². The highest BCUT2D eigenvalue weighted by Gasteiger charge is 2.28. The highest BCUT2D eigenvalue weighted by atomic mass is 32.2. The van der Waals surface area contributed by atoms with Gasteiger partial charge in [0, 0.05) is 18.2 Å². The molecule has 1 N–H and O–H groups in total. The van der Waals surface area contributed by atoms with Crippen molar-refractivity contribution in [1.29, 1.82) is 0 Å². The second-order valence-electron chi connectivity index (χ2n) is 8.56. The standard InChI is InChI=1S/C24H26N4O4S/c1-15-6-5-9-20(16(15)2)25-22(29)14-33-24-26-21-8-4-3-7-19(21)23(30)27(24)17-10-12-18(13-11-17)28(31)32/h3-4,7-8,10-13,15-16,20H,5-6,9,14H2,1-2H3,(H,25,29). The minimum Gasteiger partial charge on any atom is -0.352 e. The molecule has 0 spiro atoms. The lowest BCUT2D eigenvalue weighted by molar-refractivity contribution is -0.384. The van der Waals surface area contributed by atoms with Crippen molar-refractivity contribution in [3.63, 3.8) is 0 Å². The van der Waals surface area contributed by atoms with E-state index in [9.17, 15) is 19.7 Å². The molecule has 0 saturated heterocycles. The molecule has 0 radical (unpaired) electrons. The van der Waals surface area contributed by atoms with Crippen LogP contribution in [0.2, 0.25) is 0 Å². The van der Waals surface area contributed by atoms with Crippen LogP contribution >= 0.6 is 11.8 Å². The lowest BCUT2D eigenvalue weighted by atomic mass is 9.78. The molecular weight excluding hydrogens is 440 g/mol. The Balaban J connectivity index is 1.62. The second kappa shape index (κ2) is 9.74. The molecule has 1 saturated carbocycles. The first-order valence-corrected chi connectivity index (χ1v) is 12.0. The van der Waals surface area contributed by atoms with Crippen LogP contribution in [0.3, 0.4) is 0 Å². The van der Waals surface area contributed by atoms with E-state index in [-0.39, 0.29) is 28.9 Å². The number of rotatable bonds is 6. The molecule has 9 heteroatoms. The van der Waals surface area contributed by atoms with Crippen LogP contribution in [0.5, 0.6) is 0 Å². The number of fused-ring (bicyclic) bond motifs is 1. The number of aromatic nitrogens is 2. The number of hydrogen-bond donors (Lipinski definition) is 1. The van der Waals surface area contributed by atoms with E-state index >= 15 is 0 Å². The molecule has 1 aromatic heterocycles. The summed E-state index contributed by atoms with van der Waals surface area (Å²) in [6.45, 7) is 4.40. The lowest BCUT2D eigenvalue weighted by Gasteiger charge is -2.34. The molecule has 0 bridgehead atoms. The van der Waals surface area contributed by atoms with Gasteiger partial charge in [0.2, 0.25) is 5.91 Å². The number of carbonyl (C=O) groups excluding carboxylic acids is 1. The molecule has 2 aromatic carbocycles. The van der Waals surface area contributed by atoms with Gasteiger partial charge in [-0.15, -0.1) is 0 Å². The predicted octanol–water partition coefficient (Wildman–Crippen LogP) is 4.33. The Morgan fingerprint density at radius 2 is 1.91 bits per heavy atom. The first-order chi connectivity index (χ1) is 15.8. The predicted molar refractivity (Wildman–Crippen MR) is 129 cm³/mol. The number of hydrogen-bond acceptors (Lipinski definition) is 6. The molecule has 3 aromatic rings. The van der Waals surface area contributed by atoms with Crippen molar-refractivity contribution in [3.8, 4) is 5.69 Å². The first kappa shape index (κ1) is 23.0. The van der Waals surface area contributed by atoms with Gasteiger partial charge in [-0.05, 0) is 42.5 Å². The van der Waals surface area contributed by atoms with E-state index in [1.54, 1.807) is 24.3 Å².